The molecule has 1 heterocycles. The first kappa shape index (κ1) is 13.2. The van der Waals surface area contributed by atoms with Gasteiger partial charge in [-0.3, -0.25) is 0 Å². The van der Waals surface area contributed by atoms with E-state index in [1.807, 2.05) is 13.8 Å². The minimum Gasteiger partial charge on any atom is -0.475 e. The lowest BCUT2D eigenvalue weighted by molar-refractivity contribution is 0.0542. The van der Waals surface area contributed by atoms with E-state index in [1.165, 1.54) is 0 Å². The highest BCUT2D eigenvalue weighted by Gasteiger charge is 2.02. The van der Waals surface area contributed by atoms with Gasteiger partial charge in [-0.1, -0.05) is 11.6 Å². The molecule has 1 aromatic heterocycles. The zero-order chi connectivity index (χ0) is 12.0. The first-order valence-corrected chi connectivity index (χ1v) is 5.60. The molecule has 0 radical (unpaired) electrons. The first-order valence-electron chi connectivity index (χ1n) is 5.22. The fourth-order valence-electron chi connectivity index (χ4n) is 1.12. The number of nitrogens with zero attached hydrogens (tertiary/aromatic N) is 1. The zero-order valence-corrected chi connectivity index (χ0v) is 10.3. The Labute approximate surface area is 101 Å². The minimum absolute atomic E-state index is 0.210. The van der Waals surface area contributed by atoms with Gasteiger partial charge in [0.1, 0.15) is 6.61 Å². The van der Waals surface area contributed by atoms with Crippen molar-refractivity contribution in [2.75, 3.05) is 13.2 Å². The largest absolute Gasteiger partial charge is 0.475 e. The molecule has 0 aromatic carbocycles. The van der Waals surface area contributed by atoms with E-state index in [0.29, 0.717) is 30.7 Å². The molecule has 0 saturated heterocycles. The molecule has 0 aliphatic rings. The number of rotatable bonds is 6. The summed E-state index contributed by atoms with van der Waals surface area (Å²) in [6, 6.07) is 1.75. The standard InChI is InChI=1S/C11H17ClN2O2/c1-8(2)15-3-4-16-11-5-9(6-13)10(12)7-14-11/h5,7-8H,3-4,6,13H2,1-2H3. The number of hydrogen-bond donors (Lipinski definition) is 1. The van der Waals surface area contributed by atoms with Crippen LogP contribution in [0.25, 0.3) is 0 Å². The van der Waals surface area contributed by atoms with Crippen LogP contribution in [0.4, 0.5) is 0 Å². The summed E-state index contributed by atoms with van der Waals surface area (Å²) in [6.45, 7) is 5.34. The summed E-state index contributed by atoms with van der Waals surface area (Å²) >= 11 is 5.88. The molecule has 0 unspecified atom stereocenters. The zero-order valence-electron chi connectivity index (χ0n) is 9.57. The van der Waals surface area contributed by atoms with Gasteiger partial charge in [0.2, 0.25) is 5.88 Å². The maximum atomic E-state index is 5.88. The van der Waals surface area contributed by atoms with E-state index in [9.17, 15) is 0 Å². The fraction of sp³-hybridized carbons (Fsp3) is 0.545. The fourth-order valence-corrected chi connectivity index (χ4v) is 1.30. The monoisotopic (exact) mass is 244 g/mol. The Morgan fingerprint density at radius 3 is 2.81 bits per heavy atom. The Hall–Kier alpha value is -0.840. The quantitative estimate of drug-likeness (QED) is 0.778. The maximum Gasteiger partial charge on any atom is 0.213 e. The predicted molar refractivity (Wildman–Crippen MR) is 63.7 cm³/mol. The van der Waals surface area contributed by atoms with E-state index in [1.54, 1.807) is 12.3 Å². The Morgan fingerprint density at radius 2 is 2.19 bits per heavy atom. The van der Waals surface area contributed by atoms with Crippen LogP contribution in [0.2, 0.25) is 5.02 Å². The number of halogens is 1. The van der Waals surface area contributed by atoms with Crippen molar-refractivity contribution < 1.29 is 9.47 Å². The van der Waals surface area contributed by atoms with Crippen LogP contribution < -0.4 is 10.5 Å². The van der Waals surface area contributed by atoms with E-state index >= 15 is 0 Å². The van der Waals surface area contributed by atoms with E-state index in [2.05, 4.69) is 4.98 Å². The molecule has 5 heteroatoms. The molecular weight excluding hydrogens is 228 g/mol. The van der Waals surface area contributed by atoms with E-state index in [-0.39, 0.29) is 6.10 Å². The van der Waals surface area contributed by atoms with Crippen LogP contribution in [0.3, 0.4) is 0 Å². The Bertz CT molecular complexity index is 332. The number of aromatic nitrogens is 1. The summed E-state index contributed by atoms with van der Waals surface area (Å²) < 4.78 is 10.7. The molecule has 0 bridgehead atoms. The van der Waals surface area contributed by atoms with E-state index < -0.39 is 0 Å². The number of ether oxygens (including phenoxy) is 2. The van der Waals surface area contributed by atoms with Crippen molar-refractivity contribution in [3.8, 4) is 5.88 Å². The van der Waals surface area contributed by atoms with Crippen molar-refractivity contribution in [3.63, 3.8) is 0 Å². The topological polar surface area (TPSA) is 57.4 Å². The van der Waals surface area contributed by atoms with Crippen molar-refractivity contribution >= 4 is 11.6 Å². The van der Waals surface area contributed by atoms with Gasteiger partial charge in [-0.05, 0) is 19.4 Å². The van der Waals surface area contributed by atoms with Gasteiger partial charge < -0.3 is 15.2 Å². The summed E-state index contributed by atoms with van der Waals surface area (Å²) in [5.74, 6) is 0.525. The smallest absolute Gasteiger partial charge is 0.213 e. The molecule has 0 atom stereocenters. The molecule has 0 spiro atoms. The second-order valence-corrected chi connectivity index (χ2v) is 3.99. The highest BCUT2D eigenvalue weighted by atomic mass is 35.5. The van der Waals surface area contributed by atoms with Crippen LogP contribution in [0.5, 0.6) is 5.88 Å². The van der Waals surface area contributed by atoms with Gasteiger partial charge in [0.05, 0.1) is 17.7 Å². The van der Waals surface area contributed by atoms with Crippen molar-refractivity contribution in [2.45, 2.75) is 26.5 Å². The Morgan fingerprint density at radius 1 is 1.44 bits per heavy atom. The van der Waals surface area contributed by atoms with Crippen LogP contribution in [0.1, 0.15) is 19.4 Å². The van der Waals surface area contributed by atoms with Crippen molar-refractivity contribution in [1.29, 1.82) is 0 Å². The normalized spacial score (nSPS) is 10.8. The molecule has 16 heavy (non-hydrogen) atoms. The van der Waals surface area contributed by atoms with Gasteiger partial charge in [-0.25, -0.2) is 4.98 Å². The van der Waals surface area contributed by atoms with Crippen LogP contribution in [-0.4, -0.2) is 24.3 Å². The third kappa shape index (κ3) is 4.35. The average molecular weight is 245 g/mol. The average Bonchev–Trinajstić information content (AvgIpc) is 2.26. The van der Waals surface area contributed by atoms with Gasteiger partial charge in [0.25, 0.3) is 0 Å². The summed E-state index contributed by atoms with van der Waals surface area (Å²) in [5.41, 5.74) is 6.35. The third-order valence-electron chi connectivity index (χ3n) is 1.91. The SMILES string of the molecule is CC(C)OCCOc1cc(CN)c(Cl)cn1. The summed E-state index contributed by atoms with van der Waals surface area (Å²) in [7, 11) is 0. The van der Waals surface area contributed by atoms with Crippen molar-refractivity contribution in [1.82, 2.24) is 4.98 Å². The highest BCUT2D eigenvalue weighted by Crippen LogP contribution is 2.18. The van der Waals surface area contributed by atoms with Gasteiger partial charge in [-0.15, -0.1) is 0 Å². The lowest BCUT2D eigenvalue weighted by Crippen LogP contribution is -2.12. The molecule has 1 aromatic rings. The summed E-state index contributed by atoms with van der Waals surface area (Å²) in [4.78, 5) is 4.04. The molecule has 0 aliphatic carbocycles. The lowest BCUT2D eigenvalue weighted by Gasteiger charge is -2.09. The van der Waals surface area contributed by atoms with Gasteiger partial charge in [-0.2, -0.15) is 0 Å². The molecule has 0 aliphatic heterocycles. The molecular formula is C11H17ClN2O2. The van der Waals surface area contributed by atoms with Gasteiger partial charge >= 0.3 is 0 Å². The summed E-state index contributed by atoms with van der Waals surface area (Å²) in [5, 5.41) is 0.563. The van der Waals surface area contributed by atoms with Gasteiger partial charge in [0.15, 0.2) is 0 Å². The predicted octanol–water partition coefficient (Wildman–Crippen LogP) is 2.00. The molecule has 0 amide bonds. The molecule has 0 fully saturated rings. The molecule has 90 valence electrons. The first-order chi connectivity index (χ1) is 7.63. The van der Waals surface area contributed by atoms with Crippen LogP contribution in [-0.2, 0) is 11.3 Å². The van der Waals surface area contributed by atoms with Crippen LogP contribution in [0.15, 0.2) is 12.3 Å². The Balaban J connectivity index is 2.42. The molecule has 4 nitrogen and oxygen atoms in total. The second kappa shape index (κ2) is 6.68. The van der Waals surface area contributed by atoms with E-state index in [0.717, 1.165) is 5.56 Å². The van der Waals surface area contributed by atoms with Crippen LogP contribution >= 0.6 is 11.6 Å². The highest BCUT2D eigenvalue weighted by molar-refractivity contribution is 6.31. The lowest BCUT2D eigenvalue weighted by atomic mass is 10.3. The number of hydrogen-bond acceptors (Lipinski definition) is 4. The van der Waals surface area contributed by atoms with Crippen molar-refractivity contribution in [2.24, 2.45) is 5.73 Å². The molecule has 2 N–H and O–H groups in total. The number of pyridine rings is 1. The summed E-state index contributed by atoms with van der Waals surface area (Å²) in [6.07, 6.45) is 1.75. The maximum absolute atomic E-state index is 5.88. The molecule has 1 rings (SSSR count). The van der Waals surface area contributed by atoms with E-state index in [4.69, 9.17) is 26.8 Å². The molecule has 0 saturated carbocycles. The van der Waals surface area contributed by atoms with Crippen molar-refractivity contribution in [3.05, 3.63) is 22.8 Å². The second-order valence-electron chi connectivity index (χ2n) is 3.59. The van der Waals surface area contributed by atoms with Crippen LogP contribution in [0, 0.1) is 0 Å². The minimum atomic E-state index is 0.210. The van der Waals surface area contributed by atoms with Gasteiger partial charge in [0, 0.05) is 18.8 Å². The Kier molecular flexibility index (Phi) is 5.52. The third-order valence-corrected chi connectivity index (χ3v) is 2.25. The number of nitrogens with two attached hydrogens (primary N) is 1.